The molecule has 2 aromatic carbocycles. The van der Waals surface area contributed by atoms with Crippen molar-refractivity contribution < 1.29 is 26.9 Å². The minimum atomic E-state index is -3.76. The van der Waals surface area contributed by atoms with Crippen LogP contribution < -0.4 is 10.1 Å². The van der Waals surface area contributed by atoms with Crippen LogP contribution in [0.1, 0.15) is 45.1 Å². The Morgan fingerprint density at radius 2 is 1.66 bits per heavy atom. The zero-order valence-electron chi connectivity index (χ0n) is 19.0. The highest BCUT2D eigenvalue weighted by molar-refractivity contribution is 7.86. The van der Waals surface area contributed by atoms with Crippen molar-refractivity contribution in [2.45, 2.75) is 57.5 Å². The lowest BCUT2D eigenvalue weighted by molar-refractivity contribution is -0.116. The van der Waals surface area contributed by atoms with Crippen LogP contribution in [0.5, 0.6) is 5.75 Å². The first-order chi connectivity index (χ1) is 15.3. The molecule has 1 amide bonds. The van der Waals surface area contributed by atoms with Crippen molar-refractivity contribution in [1.29, 1.82) is 0 Å². The summed E-state index contributed by atoms with van der Waals surface area (Å²) in [5, 5.41) is 2.85. The maximum absolute atomic E-state index is 12.1. The van der Waals surface area contributed by atoms with Gasteiger partial charge in [0.05, 0.1) is 24.2 Å². The molecule has 0 heterocycles. The summed E-state index contributed by atoms with van der Waals surface area (Å²) >= 11 is 0. The number of anilines is 1. The van der Waals surface area contributed by atoms with Gasteiger partial charge in [0.2, 0.25) is 5.91 Å². The Kier molecular flexibility index (Phi) is 10.7. The third kappa shape index (κ3) is 9.38. The van der Waals surface area contributed by atoms with Crippen LogP contribution in [-0.2, 0) is 23.8 Å². The Labute approximate surface area is 191 Å². The van der Waals surface area contributed by atoms with Crippen molar-refractivity contribution in [2.24, 2.45) is 0 Å². The predicted molar refractivity (Wildman–Crippen MR) is 124 cm³/mol. The number of rotatable bonds is 14. The molecular weight excluding hydrogens is 430 g/mol. The van der Waals surface area contributed by atoms with E-state index in [-0.39, 0.29) is 23.5 Å². The average molecular weight is 464 g/mol. The molecule has 0 aliphatic heterocycles. The summed E-state index contributed by atoms with van der Waals surface area (Å²) in [5.41, 5.74) is 1.67. The molecule has 32 heavy (non-hydrogen) atoms. The smallest absolute Gasteiger partial charge is 0.296 e. The Hall–Kier alpha value is -2.42. The number of hydrogen-bond donors (Lipinski definition) is 1. The van der Waals surface area contributed by atoms with E-state index in [2.05, 4.69) is 12.2 Å². The maximum Gasteiger partial charge on any atom is 0.296 e. The Balaban J connectivity index is 1.64. The minimum absolute atomic E-state index is 0.0328. The van der Waals surface area contributed by atoms with Crippen LogP contribution >= 0.6 is 0 Å². The normalized spacial score (nSPS) is 12.3. The Bertz CT molecular complexity index is 926. The molecule has 2 rings (SSSR count). The first-order valence-electron chi connectivity index (χ1n) is 10.9. The van der Waals surface area contributed by atoms with E-state index in [1.165, 1.54) is 12.1 Å². The van der Waals surface area contributed by atoms with Gasteiger partial charge in [-0.05, 0) is 63.1 Å². The largest absolute Gasteiger partial charge is 0.494 e. The van der Waals surface area contributed by atoms with Crippen LogP contribution in [0.2, 0.25) is 0 Å². The molecule has 0 radical (unpaired) electrons. The SMILES string of the molecule is CCC(C)OCCCC(=O)Nc1ccc(OCCCOS(=O)(=O)c2ccc(C)cc2)cc1. The van der Waals surface area contributed by atoms with E-state index in [9.17, 15) is 13.2 Å². The lowest BCUT2D eigenvalue weighted by Crippen LogP contribution is -2.14. The zero-order valence-corrected chi connectivity index (χ0v) is 19.8. The molecule has 1 unspecified atom stereocenters. The average Bonchev–Trinajstić information content (AvgIpc) is 2.77. The topological polar surface area (TPSA) is 90.9 Å². The number of ether oxygens (including phenoxy) is 2. The number of aryl methyl sites for hydroxylation is 1. The molecule has 0 aromatic heterocycles. The van der Waals surface area contributed by atoms with E-state index in [1.54, 1.807) is 36.4 Å². The Morgan fingerprint density at radius 3 is 2.31 bits per heavy atom. The number of carbonyl (C=O) groups excluding carboxylic acids is 1. The Morgan fingerprint density at radius 1 is 0.969 bits per heavy atom. The summed E-state index contributed by atoms with van der Waals surface area (Å²) in [7, 11) is -3.76. The monoisotopic (exact) mass is 463 g/mol. The van der Waals surface area contributed by atoms with Crippen molar-refractivity contribution in [3.8, 4) is 5.75 Å². The standard InChI is InChI=1S/C24H33NO6S/c1-4-20(3)29-16-5-7-24(26)25-21-10-12-22(13-11-21)30-17-6-18-31-32(27,28)23-14-8-19(2)9-15-23/h8-15,20H,4-7,16-18H2,1-3H3,(H,25,26). The molecule has 1 atom stereocenters. The lowest BCUT2D eigenvalue weighted by Gasteiger charge is -2.11. The summed E-state index contributed by atoms with van der Waals surface area (Å²) in [6.07, 6.45) is 2.68. The van der Waals surface area contributed by atoms with E-state index in [1.807, 2.05) is 13.8 Å². The van der Waals surface area contributed by atoms with Crippen molar-refractivity contribution in [1.82, 2.24) is 0 Å². The van der Waals surface area contributed by atoms with Gasteiger partial charge >= 0.3 is 0 Å². The van der Waals surface area contributed by atoms with Crippen molar-refractivity contribution >= 4 is 21.7 Å². The second kappa shape index (κ2) is 13.2. The maximum atomic E-state index is 12.1. The lowest BCUT2D eigenvalue weighted by atomic mass is 10.2. The molecular formula is C24H33NO6S. The van der Waals surface area contributed by atoms with Crippen LogP contribution in [0.25, 0.3) is 0 Å². The van der Waals surface area contributed by atoms with Gasteiger partial charge in [0.25, 0.3) is 10.1 Å². The minimum Gasteiger partial charge on any atom is -0.494 e. The van der Waals surface area contributed by atoms with E-state index < -0.39 is 10.1 Å². The van der Waals surface area contributed by atoms with Gasteiger partial charge < -0.3 is 14.8 Å². The first kappa shape index (κ1) is 25.8. The van der Waals surface area contributed by atoms with E-state index in [4.69, 9.17) is 13.7 Å². The number of nitrogens with one attached hydrogen (secondary N) is 1. The molecule has 2 aromatic rings. The van der Waals surface area contributed by atoms with Gasteiger partial charge in [0, 0.05) is 25.1 Å². The van der Waals surface area contributed by atoms with E-state index >= 15 is 0 Å². The molecule has 176 valence electrons. The predicted octanol–water partition coefficient (Wildman–Crippen LogP) is 4.70. The third-order valence-electron chi connectivity index (χ3n) is 4.77. The van der Waals surface area contributed by atoms with Gasteiger partial charge in [0.15, 0.2) is 0 Å². The molecule has 1 N–H and O–H groups in total. The van der Waals surface area contributed by atoms with Crippen molar-refractivity contribution in [3.63, 3.8) is 0 Å². The van der Waals surface area contributed by atoms with Gasteiger partial charge in [0.1, 0.15) is 5.75 Å². The van der Waals surface area contributed by atoms with E-state index in [0.29, 0.717) is 43.9 Å². The summed E-state index contributed by atoms with van der Waals surface area (Å²) in [6, 6.07) is 13.6. The summed E-state index contributed by atoms with van der Waals surface area (Å²) in [4.78, 5) is 12.1. The second-order valence-corrected chi connectivity index (χ2v) is 9.17. The highest BCUT2D eigenvalue weighted by Gasteiger charge is 2.14. The van der Waals surface area contributed by atoms with Gasteiger partial charge in [-0.3, -0.25) is 8.98 Å². The molecule has 0 fully saturated rings. The fourth-order valence-corrected chi connectivity index (χ4v) is 3.63. The number of carbonyl (C=O) groups is 1. The molecule has 7 nitrogen and oxygen atoms in total. The molecule has 0 saturated carbocycles. The van der Waals surface area contributed by atoms with Gasteiger partial charge in [-0.15, -0.1) is 0 Å². The van der Waals surface area contributed by atoms with Gasteiger partial charge in [-0.25, -0.2) is 0 Å². The van der Waals surface area contributed by atoms with Crippen LogP contribution in [0.4, 0.5) is 5.69 Å². The van der Waals surface area contributed by atoms with Gasteiger partial charge in [-0.2, -0.15) is 8.42 Å². The van der Waals surface area contributed by atoms with E-state index in [0.717, 1.165) is 12.0 Å². The number of amides is 1. The quantitative estimate of drug-likeness (QED) is 0.322. The molecule has 0 spiro atoms. The second-order valence-electron chi connectivity index (χ2n) is 7.56. The van der Waals surface area contributed by atoms with Crippen molar-refractivity contribution in [2.75, 3.05) is 25.1 Å². The summed E-state index contributed by atoms with van der Waals surface area (Å²) in [5.74, 6) is 0.574. The first-order valence-corrected chi connectivity index (χ1v) is 12.3. The van der Waals surface area contributed by atoms with Crippen LogP contribution in [-0.4, -0.2) is 40.2 Å². The van der Waals surface area contributed by atoms with Crippen LogP contribution in [0, 0.1) is 6.92 Å². The molecule has 8 heteroatoms. The van der Waals surface area contributed by atoms with Crippen LogP contribution in [0.15, 0.2) is 53.4 Å². The summed E-state index contributed by atoms with van der Waals surface area (Å²) in [6.45, 7) is 6.89. The highest BCUT2D eigenvalue weighted by Crippen LogP contribution is 2.17. The molecule has 0 aliphatic carbocycles. The zero-order chi connectivity index (χ0) is 23.4. The molecule has 0 saturated heterocycles. The number of hydrogen-bond acceptors (Lipinski definition) is 6. The van der Waals surface area contributed by atoms with Crippen molar-refractivity contribution in [3.05, 3.63) is 54.1 Å². The highest BCUT2D eigenvalue weighted by atomic mass is 32.2. The fourth-order valence-electron chi connectivity index (χ4n) is 2.68. The molecule has 0 aliphatic rings. The third-order valence-corrected chi connectivity index (χ3v) is 6.10. The van der Waals surface area contributed by atoms with Gasteiger partial charge in [-0.1, -0.05) is 24.6 Å². The molecule has 0 bridgehead atoms. The summed E-state index contributed by atoms with van der Waals surface area (Å²) < 4.78 is 40.5. The number of benzene rings is 2. The fraction of sp³-hybridized carbons (Fsp3) is 0.458. The van der Waals surface area contributed by atoms with Crippen LogP contribution in [0.3, 0.4) is 0 Å².